The highest BCUT2D eigenvalue weighted by Crippen LogP contribution is 2.12. The maximum absolute atomic E-state index is 12.8. The molecule has 4 nitrogen and oxygen atoms in total. The van der Waals surface area contributed by atoms with Gasteiger partial charge in [0.2, 0.25) is 5.95 Å². The Balaban J connectivity index is 2.14. The summed E-state index contributed by atoms with van der Waals surface area (Å²) < 4.78 is 12.8. The zero-order valence-electron chi connectivity index (χ0n) is 8.06. The molecule has 0 bridgehead atoms. The molecule has 1 saturated heterocycles. The Bertz CT molecular complexity index is 383. The molecule has 0 saturated carbocycles. The largest absolute Gasteiger partial charge is 0.391 e. The number of aliphatic hydroxyl groups excluding tert-OH is 1. The average molecular weight is 210 g/mol. The van der Waals surface area contributed by atoms with E-state index >= 15 is 0 Å². The van der Waals surface area contributed by atoms with Crippen LogP contribution >= 0.6 is 0 Å². The normalized spacial score (nSPS) is 20.7. The van der Waals surface area contributed by atoms with E-state index in [0.717, 1.165) is 0 Å². The molecule has 0 radical (unpaired) electrons. The molecule has 1 atom stereocenters. The molecular weight excluding hydrogens is 199 g/mol. The summed E-state index contributed by atoms with van der Waals surface area (Å²) in [7, 11) is 0. The van der Waals surface area contributed by atoms with Gasteiger partial charge in [-0.25, -0.2) is 4.98 Å². The summed E-state index contributed by atoms with van der Waals surface area (Å²) >= 11 is 0. The highest BCUT2D eigenvalue weighted by molar-refractivity contribution is 5.92. The van der Waals surface area contributed by atoms with E-state index in [-0.39, 0.29) is 11.6 Å². The van der Waals surface area contributed by atoms with Gasteiger partial charge in [0, 0.05) is 13.1 Å². The minimum atomic E-state index is -0.666. The van der Waals surface area contributed by atoms with Gasteiger partial charge in [0.25, 0.3) is 5.91 Å². The average Bonchev–Trinajstić information content (AvgIpc) is 2.64. The topological polar surface area (TPSA) is 53.4 Å². The molecule has 1 aromatic rings. The van der Waals surface area contributed by atoms with Crippen molar-refractivity contribution in [3.8, 4) is 0 Å². The number of aromatic nitrogens is 1. The Morgan fingerprint density at radius 2 is 2.40 bits per heavy atom. The Morgan fingerprint density at radius 3 is 3.00 bits per heavy atom. The van der Waals surface area contributed by atoms with Crippen LogP contribution < -0.4 is 0 Å². The van der Waals surface area contributed by atoms with Crippen LogP contribution in [0.25, 0.3) is 0 Å². The summed E-state index contributed by atoms with van der Waals surface area (Å²) in [5, 5.41) is 9.26. The van der Waals surface area contributed by atoms with Crippen molar-refractivity contribution in [2.75, 3.05) is 13.1 Å². The summed E-state index contributed by atoms with van der Waals surface area (Å²) in [5.41, 5.74) is 0.0871. The van der Waals surface area contributed by atoms with Crippen molar-refractivity contribution in [2.45, 2.75) is 12.5 Å². The number of aliphatic hydroxyl groups is 1. The fourth-order valence-corrected chi connectivity index (χ4v) is 1.62. The Kier molecular flexibility index (Phi) is 2.64. The van der Waals surface area contributed by atoms with Crippen molar-refractivity contribution in [1.29, 1.82) is 0 Å². The Labute approximate surface area is 86.4 Å². The lowest BCUT2D eigenvalue weighted by Crippen LogP contribution is -2.30. The SMILES string of the molecule is O=C(c1cccc(F)n1)N1CC[C@H](O)C1. The van der Waals surface area contributed by atoms with E-state index in [1.165, 1.54) is 23.1 Å². The van der Waals surface area contributed by atoms with Gasteiger partial charge in [0.05, 0.1) is 6.10 Å². The van der Waals surface area contributed by atoms with Gasteiger partial charge in [-0.05, 0) is 18.6 Å². The summed E-state index contributed by atoms with van der Waals surface area (Å²) in [6.07, 6.45) is 0.101. The van der Waals surface area contributed by atoms with E-state index in [0.29, 0.717) is 19.5 Å². The van der Waals surface area contributed by atoms with Crippen molar-refractivity contribution in [1.82, 2.24) is 9.88 Å². The van der Waals surface area contributed by atoms with Crippen LogP contribution in [0, 0.1) is 5.95 Å². The lowest BCUT2D eigenvalue weighted by Gasteiger charge is -2.14. The monoisotopic (exact) mass is 210 g/mol. The number of halogens is 1. The van der Waals surface area contributed by atoms with Gasteiger partial charge in [-0.1, -0.05) is 6.07 Å². The van der Waals surface area contributed by atoms with Crippen LogP contribution in [0.2, 0.25) is 0 Å². The fraction of sp³-hybridized carbons (Fsp3) is 0.400. The molecular formula is C10H11FN2O2. The first-order valence-corrected chi connectivity index (χ1v) is 4.77. The quantitative estimate of drug-likeness (QED) is 0.684. The molecule has 2 heterocycles. The molecule has 2 rings (SSSR count). The predicted octanol–water partition coefficient (Wildman–Crippen LogP) is 0.427. The summed E-state index contributed by atoms with van der Waals surface area (Å²) in [6, 6.07) is 4.10. The van der Waals surface area contributed by atoms with E-state index in [9.17, 15) is 14.3 Å². The zero-order valence-corrected chi connectivity index (χ0v) is 8.06. The van der Waals surface area contributed by atoms with Gasteiger partial charge in [-0.15, -0.1) is 0 Å². The lowest BCUT2D eigenvalue weighted by atomic mass is 10.3. The van der Waals surface area contributed by atoms with Crippen molar-refractivity contribution in [3.63, 3.8) is 0 Å². The van der Waals surface area contributed by atoms with Crippen LogP contribution in [0.5, 0.6) is 0 Å². The molecule has 5 heteroatoms. The maximum atomic E-state index is 12.8. The molecule has 1 aliphatic rings. The minimum Gasteiger partial charge on any atom is -0.391 e. The zero-order chi connectivity index (χ0) is 10.8. The molecule has 1 aliphatic heterocycles. The smallest absolute Gasteiger partial charge is 0.272 e. The van der Waals surface area contributed by atoms with Crippen LogP contribution in [0.15, 0.2) is 18.2 Å². The van der Waals surface area contributed by atoms with E-state index in [4.69, 9.17) is 0 Å². The van der Waals surface area contributed by atoms with Crippen LogP contribution in [-0.4, -0.2) is 40.1 Å². The third-order valence-electron chi connectivity index (χ3n) is 2.38. The lowest BCUT2D eigenvalue weighted by molar-refractivity contribution is 0.0758. The van der Waals surface area contributed by atoms with Crippen LogP contribution in [0.3, 0.4) is 0 Å². The first kappa shape index (κ1) is 10.0. The van der Waals surface area contributed by atoms with Crippen molar-refractivity contribution < 1.29 is 14.3 Å². The second-order valence-electron chi connectivity index (χ2n) is 3.54. The molecule has 1 fully saturated rings. The number of nitrogens with zero attached hydrogens (tertiary/aromatic N) is 2. The molecule has 1 amide bonds. The van der Waals surface area contributed by atoms with E-state index in [1.807, 2.05) is 0 Å². The Morgan fingerprint density at radius 1 is 1.60 bits per heavy atom. The number of amides is 1. The summed E-state index contributed by atoms with van der Waals surface area (Å²) in [4.78, 5) is 16.7. The van der Waals surface area contributed by atoms with Crippen LogP contribution in [0.1, 0.15) is 16.9 Å². The van der Waals surface area contributed by atoms with Crippen molar-refractivity contribution in [2.24, 2.45) is 0 Å². The van der Waals surface area contributed by atoms with Crippen LogP contribution in [0.4, 0.5) is 4.39 Å². The molecule has 0 aromatic carbocycles. The van der Waals surface area contributed by atoms with Crippen LogP contribution in [-0.2, 0) is 0 Å². The second-order valence-corrected chi connectivity index (χ2v) is 3.54. The van der Waals surface area contributed by atoms with Gasteiger partial charge < -0.3 is 10.0 Å². The first-order chi connectivity index (χ1) is 7.16. The highest BCUT2D eigenvalue weighted by Gasteiger charge is 2.26. The highest BCUT2D eigenvalue weighted by atomic mass is 19.1. The van der Waals surface area contributed by atoms with E-state index < -0.39 is 12.1 Å². The third-order valence-corrected chi connectivity index (χ3v) is 2.38. The van der Waals surface area contributed by atoms with E-state index in [2.05, 4.69) is 4.98 Å². The molecule has 0 spiro atoms. The van der Waals surface area contributed by atoms with Gasteiger partial charge in [-0.3, -0.25) is 4.79 Å². The number of rotatable bonds is 1. The van der Waals surface area contributed by atoms with Gasteiger partial charge in [0.1, 0.15) is 5.69 Å². The number of β-amino-alcohol motifs (C(OH)–C–C–N with tert-alkyl or cyclic N) is 1. The molecule has 1 N–H and O–H groups in total. The number of pyridine rings is 1. The predicted molar refractivity (Wildman–Crippen MR) is 50.7 cm³/mol. The summed E-state index contributed by atoms with van der Waals surface area (Å²) in [5.74, 6) is -0.994. The first-order valence-electron chi connectivity index (χ1n) is 4.77. The fourth-order valence-electron chi connectivity index (χ4n) is 1.62. The molecule has 0 aliphatic carbocycles. The molecule has 15 heavy (non-hydrogen) atoms. The van der Waals surface area contributed by atoms with Gasteiger partial charge in [0.15, 0.2) is 0 Å². The maximum Gasteiger partial charge on any atom is 0.272 e. The second kappa shape index (κ2) is 3.94. The molecule has 1 aromatic heterocycles. The molecule has 80 valence electrons. The Hall–Kier alpha value is -1.49. The number of likely N-dealkylation sites (tertiary alicyclic amines) is 1. The molecule has 0 unspecified atom stereocenters. The number of hydrogen-bond donors (Lipinski definition) is 1. The van der Waals surface area contributed by atoms with E-state index in [1.54, 1.807) is 0 Å². The van der Waals surface area contributed by atoms with Crippen molar-refractivity contribution in [3.05, 3.63) is 29.8 Å². The third kappa shape index (κ3) is 2.12. The summed E-state index contributed by atoms with van der Waals surface area (Å²) in [6.45, 7) is 0.801. The van der Waals surface area contributed by atoms with Gasteiger partial charge >= 0.3 is 0 Å². The van der Waals surface area contributed by atoms with Gasteiger partial charge in [-0.2, -0.15) is 4.39 Å². The minimum absolute atomic E-state index is 0.0871. The standard InChI is InChI=1S/C10H11FN2O2/c11-9-3-1-2-8(12-9)10(15)13-5-4-7(14)6-13/h1-3,7,14H,4-6H2/t7-/m0/s1. The number of hydrogen-bond acceptors (Lipinski definition) is 3. The van der Waals surface area contributed by atoms with Crippen molar-refractivity contribution >= 4 is 5.91 Å². The number of carbonyl (C=O) groups is 1. The number of carbonyl (C=O) groups excluding carboxylic acids is 1.